The molecule has 160 valence electrons. The summed E-state index contributed by atoms with van der Waals surface area (Å²) in [7, 11) is 0. The van der Waals surface area contributed by atoms with E-state index >= 15 is 0 Å². The van der Waals surface area contributed by atoms with Crippen LogP contribution >= 0.6 is 0 Å². The molecule has 2 amide bonds. The molecule has 0 aromatic heterocycles. The predicted molar refractivity (Wildman–Crippen MR) is 115 cm³/mol. The van der Waals surface area contributed by atoms with Gasteiger partial charge in [-0.3, -0.25) is 9.69 Å². The lowest BCUT2D eigenvalue weighted by Crippen LogP contribution is -2.29. The second-order valence-corrected chi connectivity index (χ2v) is 7.96. The van der Waals surface area contributed by atoms with Crippen molar-refractivity contribution in [1.29, 1.82) is 0 Å². The second-order valence-electron chi connectivity index (χ2n) is 7.96. The summed E-state index contributed by atoms with van der Waals surface area (Å²) in [6.45, 7) is 5.10. The van der Waals surface area contributed by atoms with Crippen molar-refractivity contribution in [3.8, 4) is 23.3 Å². The molecule has 1 N–H and O–H groups in total. The number of carbonyl (C=O) groups is 2. The molecular weight excluding hydrogens is 396 g/mol. The first-order valence-corrected chi connectivity index (χ1v) is 10.1. The lowest BCUT2D eigenvalue weighted by molar-refractivity contribution is -0.122. The van der Waals surface area contributed by atoms with Crippen LogP contribution in [0.15, 0.2) is 42.5 Å². The molecule has 4 rings (SSSR count). The quantitative estimate of drug-likeness (QED) is 0.753. The predicted octanol–water partition coefficient (Wildman–Crippen LogP) is 2.90. The van der Waals surface area contributed by atoms with Crippen molar-refractivity contribution in [2.45, 2.75) is 25.9 Å². The van der Waals surface area contributed by atoms with Gasteiger partial charge in [0.05, 0.1) is 13.1 Å². The van der Waals surface area contributed by atoms with Gasteiger partial charge in [0.1, 0.15) is 12.2 Å². The summed E-state index contributed by atoms with van der Waals surface area (Å²) in [5, 5.41) is 2.72. The maximum Gasteiger partial charge on any atom is 0.414 e. The minimum atomic E-state index is -0.334. The highest BCUT2D eigenvalue weighted by Gasteiger charge is 2.32. The lowest BCUT2D eigenvalue weighted by Gasteiger charge is -2.18. The zero-order chi connectivity index (χ0) is 21.8. The first-order chi connectivity index (χ1) is 14.9. The molecule has 2 aliphatic heterocycles. The summed E-state index contributed by atoms with van der Waals surface area (Å²) in [5.41, 5.74) is 2.39. The number of ether oxygens (including phenoxy) is 3. The van der Waals surface area contributed by atoms with Crippen LogP contribution in [0.4, 0.5) is 10.5 Å². The third-order valence-electron chi connectivity index (χ3n) is 4.96. The summed E-state index contributed by atoms with van der Waals surface area (Å²) < 4.78 is 16.5. The zero-order valence-electron chi connectivity index (χ0n) is 17.6. The number of cyclic esters (lactones) is 1. The van der Waals surface area contributed by atoms with Crippen molar-refractivity contribution in [3.05, 3.63) is 53.6 Å². The number of carbonyl (C=O) groups excluding carboxylic acids is 2. The molecule has 2 aromatic rings. The van der Waals surface area contributed by atoms with Crippen LogP contribution in [0.25, 0.3) is 0 Å². The molecule has 2 aromatic carbocycles. The van der Waals surface area contributed by atoms with Gasteiger partial charge in [-0.1, -0.05) is 24.0 Å². The van der Waals surface area contributed by atoms with Crippen LogP contribution in [0.1, 0.15) is 25.0 Å². The summed E-state index contributed by atoms with van der Waals surface area (Å²) >= 11 is 0. The maximum absolute atomic E-state index is 12.1. The highest BCUT2D eigenvalue weighted by molar-refractivity contribution is 5.89. The van der Waals surface area contributed by atoms with Crippen molar-refractivity contribution in [2.24, 2.45) is 0 Å². The van der Waals surface area contributed by atoms with Crippen LogP contribution in [0.5, 0.6) is 11.5 Å². The first-order valence-electron chi connectivity index (χ1n) is 10.1. The molecule has 0 spiro atoms. The Labute approximate surface area is 181 Å². The molecule has 2 aliphatic rings. The van der Waals surface area contributed by atoms with Gasteiger partial charge in [0.25, 0.3) is 5.91 Å². The summed E-state index contributed by atoms with van der Waals surface area (Å²) in [6.07, 6.45) is 0.476. The number of fused-ring (bicyclic) bond motifs is 1. The van der Waals surface area contributed by atoms with Crippen molar-refractivity contribution >= 4 is 17.7 Å². The van der Waals surface area contributed by atoms with Gasteiger partial charge >= 0.3 is 6.09 Å². The molecule has 7 heteroatoms. The van der Waals surface area contributed by atoms with Gasteiger partial charge in [-0.2, -0.15) is 0 Å². The van der Waals surface area contributed by atoms with Crippen molar-refractivity contribution in [1.82, 2.24) is 5.32 Å². The van der Waals surface area contributed by atoms with Crippen LogP contribution in [0, 0.1) is 11.8 Å². The number of nitrogens with zero attached hydrogens (tertiary/aromatic N) is 1. The fraction of sp³-hybridized carbons (Fsp3) is 0.333. The number of nitrogens with one attached hydrogen (secondary N) is 1. The second kappa shape index (κ2) is 8.60. The molecule has 2 heterocycles. The fourth-order valence-corrected chi connectivity index (χ4v) is 3.54. The van der Waals surface area contributed by atoms with E-state index in [4.69, 9.17) is 14.2 Å². The zero-order valence-corrected chi connectivity index (χ0v) is 17.6. The van der Waals surface area contributed by atoms with E-state index in [1.165, 1.54) is 0 Å². The molecule has 31 heavy (non-hydrogen) atoms. The smallest absolute Gasteiger partial charge is 0.414 e. The SMILES string of the molecule is CC1(C)Cc2cccc(OCC(=O)NCC#Cc3ccc(N4CCOC4=O)cc3)c2O1. The molecule has 0 saturated carbocycles. The molecule has 0 aliphatic carbocycles. The molecule has 1 saturated heterocycles. The molecule has 1 fully saturated rings. The molecule has 0 bridgehead atoms. The van der Waals surface area contributed by atoms with Gasteiger partial charge in [0, 0.05) is 23.2 Å². The van der Waals surface area contributed by atoms with Gasteiger partial charge in [0.15, 0.2) is 18.1 Å². The molecule has 0 radical (unpaired) electrons. The molecule has 7 nitrogen and oxygen atoms in total. The van der Waals surface area contributed by atoms with E-state index in [1.807, 2.05) is 50.2 Å². The lowest BCUT2D eigenvalue weighted by atomic mass is 10.0. The Morgan fingerprint density at radius 3 is 2.77 bits per heavy atom. The number of amides is 2. The summed E-state index contributed by atoms with van der Waals surface area (Å²) in [5.74, 6) is 6.93. The standard InChI is InChI=1S/C24H24N2O5/c1-24(2)15-18-6-3-7-20(22(18)31-24)30-16-21(27)25-12-4-5-17-8-10-19(11-9-17)26-13-14-29-23(26)28/h3,6-11H,12-16H2,1-2H3,(H,25,27). The van der Waals surface area contributed by atoms with Gasteiger partial charge in [-0.25, -0.2) is 4.79 Å². The van der Waals surface area contributed by atoms with Gasteiger partial charge in [-0.15, -0.1) is 0 Å². The topological polar surface area (TPSA) is 77.1 Å². The number of anilines is 1. The maximum atomic E-state index is 12.1. The van der Waals surface area contributed by atoms with Crippen LogP contribution in [-0.4, -0.2) is 43.9 Å². The Morgan fingerprint density at radius 1 is 1.23 bits per heavy atom. The Hall–Kier alpha value is -3.66. The van der Waals surface area contributed by atoms with E-state index in [1.54, 1.807) is 11.0 Å². The van der Waals surface area contributed by atoms with Crippen molar-refractivity contribution in [2.75, 3.05) is 31.2 Å². The van der Waals surface area contributed by atoms with Crippen LogP contribution in [0.2, 0.25) is 0 Å². The van der Waals surface area contributed by atoms with Crippen molar-refractivity contribution < 1.29 is 23.8 Å². The van der Waals surface area contributed by atoms with E-state index in [0.717, 1.165) is 23.2 Å². The highest BCUT2D eigenvalue weighted by Crippen LogP contribution is 2.41. The fourth-order valence-electron chi connectivity index (χ4n) is 3.54. The minimum absolute atomic E-state index is 0.109. The van der Waals surface area contributed by atoms with E-state index in [0.29, 0.717) is 24.7 Å². The Morgan fingerprint density at radius 2 is 2.03 bits per heavy atom. The third-order valence-corrected chi connectivity index (χ3v) is 4.96. The Kier molecular flexibility index (Phi) is 5.72. The van der Waals surface area contributed by atoms with Gasteiger partial charge < -0.3 is 19.5 Å². The Balaban J connectivity index is 1.24. The number of hydrogen-bond acceptors (Lipinski definition) is 5. The summed E-state index contributed by atoms with van der Waals surface area (Å²) in [4.78, 5) is 25.2. The average molecular weight is 420 g/mol. The minimum Gasteiger partial charge on any atom is -0.483 e. The van der Waals surface area contributed by atoms with Crippen LogP contribution in [-0.2, 0) is 16.0 Å². The van der Waals surface area contributed by atoms with Crippen LogP contribution in [0.3, 0.4) is 0 Å². The highest BCUT2D eigenvalue weighted by atomic mass is 16.6. The molecule has 0 atom stereocenters. The largest absolute Gasteiger partial charge is 0.483 e. The molecule has 0 unspecified atom stereocenters. The Bertz CT molecular complexity index is 1050. The number of hydrogen-bond donors (Lipinski definition) is 1. The number of rotatable bonds is 5. The van der Waals surface area contributed by atoms with E-state index < -0.39 is 0 Å². The normalized spacial score (nSPS) is 15.9. The van der Waals surface area contributed by atoms with Crippen molar-refractivity contribution in [3.63, 3.8) is 0 Å². The van der Waals surface area contributed by atoms with E-state index in [2.05, 4.69) is 17.2 Å². The monoisotopic (exact) mass is 420 g/mol. The molecular formula is C24H24N2O5. The number of para-hydroxylation sites is 1. The van der Waals surface area contributed by atoms with Gasteiger partial charge in [0.2, 0.25) is 0 Å². The van der Waals surface area contributed by atoms with E-state index in [9.17, 15) is 9.59 Å². The first kappa shape index (κ1) is 20.6. The van der Waals surface area contributed by atoms with Gasteiger partial charge in [-0.05, 0) is 44.2 Å². The average Bonchev–Trinajstić information content (AvgIpc) is 3.31. The van der Waals surface area contributed by atoms with E-state index in [-0.39, 0.29) is 30.8 Å². The third kappa shape index (κ3) is 4.92. The summed E-state index contributed by atoms with van der Waals surface area (Å²) in [6, 6.07) is 13.0. The number of benzene rings is 2. The van der Waals surface area contributed by atoms with Crippen LogP contribution < -0.4 is 19.7 Å².